The molecule has 1 aromatic rings. The van der Waals surface area contributed by atoms with Crippen molar-refractivity contribution in [1.82, 2.24) is 0 Å². The first kappa shape index (κ1) is 28.9. The van der Waals surface area contributed by atoms with Crippen LogP contribution in [-0.2, 0) is 14.3 Å². The number of carbonyl (C=O) groups is 1. The first-order chi connectivity index (χ1) is 19.2. The molecule has 6 rings (SSSR count). The van der Waals surface area contributed by atoms with Crippen LogP contribution in [-0.4, -0.2) is 52.9 Å². The van der Waals surface area contributed by atoms with E-state index in [0.717, 1.165) is 16.7 Å². The molecule has 8 heteroatoms. The monoisotopic (exact) mass is 572 g/mol. The number of allylic oxidation sites excluding steroid dienone is 1. The molecule has 0 amide bonds. The molecule has 0 radical (unpaired) electrons. The third-order valence-electron chi connectivity index (χ3n) is 11.1. The van der Waals surface area contributed by atoms with Crippen molar-refractivity contribution in [2.75, 3.05) is 13.2 Å². The first-order valence-electron chi connectivity index (χ1n) is 14.7. The minimum Gasteiger partial charge on any atom is -0.385 e. The molecule has 1 heterocycles. The van der Waals surface area contributed by atoms with Crippen molar-refractivity contribution in [3.8, 4) is 11.8 Å². The quantitative estimate of drug-likeness (QED) is 0.252. The smallest absolute Gasteiger partial charge is 0.385 e. The van der Waals surface area contributed by atoms with Crippen molar-refractivity contribution >= 4 is 6.29 Å². The lowest BCUT2D eigenvalue weighted by molar-refractivity contribution is -0.323. The average Bonchev–Trinajstić information content (AvgIpc) is 3.20. The minimum absolute atomic E-state index is 0.108. The SMILES string of the molecule is CC1(C)COC2(CCC3=C4C(c5ccc(C#CC=O)cc5)CC5(C)C(CC[C@@]5(O)C(F)(F)F)C4CC[C@@]3(O)C2)OC1. The zero-order chi connectivity index (χ0) is 29.5. The van der Waals surface area contributed by atoms with Gasteiger partial charge in [-0.1, -0.05) is 44.4 Å². The Kier molecular flexibility index (Phi) is 6.64. The predicted molar refractivity (Wildman–Crippen MR) is 146 cm³/mol. The molecular weight excluding hydrogens is 533 g/mol. The van der Waals surface area contributed by atoms with E-state index in [1.54, 1.807) is 19.1 Å². The van der Waals surface area contributed by atoms with Gasteiger partial charge in [-0.3, -0.25) is 4.79 Å². The number of hydrogen-bond acceptors (Lipinski definition) is 5. The van der Waals surface area contributed by atoms with Crippen molar-refractivity contribution in [2.24, 2.45) is 22.7 Å². The van der Waals surface area contributed by atoms with Crippen molar-refractivity contribution in [2.45, 2.75) is 101 Å². The Labute approximate surface area is 239 Å². The summed E-state index contributed by atoms with van der Waals surface area (Å²) in [5, 5.41) is 23.5. The Balaban J connectivity index is 1.44. The van der Waals surface area contributed by atoms with Gasteiger partial charge in [0.25, 0.3) is 0 Å². The van der Waals surface area contributed by atoms with Crippen LogP contribution in [0.15, 0.2) is 35.4 Å². The van der Waals surface area contributed by atoms with E-state index in [4.69, 9.17) is 9.47 Å². The van der Waals surface area contributed by atoms with E-state index in [9.17, 15) is 28.2 Å². The molecule has 0 aromatic heterocycles. The molecule has 1 aliphatic heterocycles. The number of fused-ring (bicyclic) bond motifs is 4. The summed E-state index contributed by atoms with van der Waals surface area (Å²) in [5.41, 5.74) is -1.96. The second-order valence-corrected chi connectivity index (χ2v) is 14.1. The van der Waals surface area contributed by atoms with Crippen LogP contribution in [0, 0.1) is 34.5 Å². The van der Waals surface area contributed by atoms with E-state index >= 15 is 0 Å². The Hall–Kier alpha value is -2.18. The Bertz CT molecular complexity index is 1310. The van der Waals surface area contributed by atoms with Crippen molar-refractivity contribution < 1.29 is 37.7 Å². The highest BCUT2D eigenvalue weighted by Gasteiger charge is 2.72. The number of hydrogen-bond donors (Lipinski definition) is 2. The largest absolute Gasteiger partial charge is 0.417 e. The molecule has 4 fully saturated rings. The summed E-state index contributed by atoms with van der Waals surface area (Å²) in [4.78, 5) is 10.7. The molecule has 222 valence electrons. The lowest BCUT2D eigenvalue weighted by atomic mass is 9.49. The molecule has 5 aliphatic rings. The molecule has 0 bridgehead atoms. The zero-order valence-electron chi connectivity index (χ0n) is 23.9. The number of alkyl halides is 3. The van der Waals surface area contributed by atoms with E-state index in [0.29, 0.717) is 63.6 Å². The van der Waals surface area contributed by atoms with Gasteiger partial charge in [0.15, 0.2) is 17.7 Å². The molecule has 5 nitrogen and oxygen atoms in total. The van der Waals surface area contributed by atoms with Crippen LogP contribution in [0.1, 0.15) is 89.2 Å². The zero-order valence-corrected chi connectivity index (χ0v) is 23.9. The van der Waals surface area contributed by atoms with Gasteiger partial charge in [-0.25, -0.2) is 0 Å². The fourth-order valence-corrected chi connectivity index (χ4v) is 8.93. The van der Waals surface area contributed by atoms with E-state index in [1.165, 1.54) is 0 Å². The molecule has 3 saturated carbocycles. The van der Waals surface area contributed by atoms with Gasteiger partial charge >= 0.3 is 6.18 Å². The highest BCUT2D eigenvalue weighted by Crippen LogP contribution is 2.70. The highest BCUT2D eigenvalue weighted by atomic mass is 19.4. The van der Waals surface area contributed by atoms with E-state index in [2.05, 4.69) is 25.7 Å². The maximum Gasteiger partial charge on any atom is 0.417 e. The van der Waals surface area contributed by atoms with Crippen LogP contribution in [0.2, 0.25) is 0 Å². The molecular formula is C33H39F3O5. The maximum atomic E-state index is 14.5. The van der Waals surface area contributed by atoms with Gasteiger partial charge in [0.2, 0.25) is 0 Å². The van der Waals surface area contributed by atoms with E-state index < -0.39 is 34.5 Å². The summed E-state index contributed by atoms with van der Waals surface area (Å²) in [6, 6.07) is 7.29. The lowest BCUT2D eigenvalue weighted by Gasteiger charge is -2.58. The molecule has 6 atom stereocenters. The maximum absolute atomic E-state index is 14.5. The number of ether oxygens (including phenoxy) is 2. The third kappa shape index (κ3) is 4.42. The molecule has 41 heavy (non-hydrogen) atoms. The standard InChI is InChI=1S/C33H39F3O5/c1-28(2)19-40-31(41-20-28)14-11-26-27-23(10-13-30(26,38)18-31)25-12-15-32(39,33(34,35)36)29(25,3)17-24(27)22-8-6-21(7-9-22)5-4-16-37/h6-9,16,23-25,38-39H,10-15,17-20H2,1-3H3/t23?,24?,25?,29?,30-,32+/m1/s1. The summed E-state index contributed by atoms with van der Waals surface area (Å²) in [7, 11) is 0. The number of aldehydes is 1. The Morgan fingerprint density at radius 3 is 2.32 bits per heavy atom. The van der Waals surface area contributed by atoms with Crippen molar-refractivity contribution in [3.63, 3.8) is 0 Å². The van der Waals surface area contributed by atoms with Crippen LogP contribution in [0.4, 0.5) is 13.2 Å². The topological polar surface area (TPSA) is 76.0 Å². The molecule has 2 N–H and O–H groups in total. The third-order valence-corrected chi connectivity index (χ3v) is 11.1. The number of rotatable bonds is 1. The summed E-state index contributed by atoms with van der Waals surface area (Å²) in [5.74, 6) is 3.39. The summed E-state index contributed by atoms with van der Waals surface area (Å²) < 4.78 is 56.1. The van der Waals surface area contributed by atoms with Gasteiger partial charge in [0.1, 0.15) is 0 Å². The number of benzene rings is 1. The van der Waals surface area contributed by atoms with E-state index in [-0.39, 0.29) is 30.1 Å². The molecule has 4 unspecified atom stereocenters. The van der Waals surface area contributed by atoms with Crippen LogP contribution in [0.3, 0.4) is 0 Å². The van der Waals surface area contributed by atoms with E-state index in [1.807, 2.05) is 12.1 Å². The van der Waals surface area contributed by atoms with Gasteiger partial charge in [0.05, 0.1) is 18.8 Å². The highest BCUT2D eigenvalue weighted by molar-refractivity contribution is 5.74. The number of aliphatic hydroxyl groups is 2. The molecule has 1 spiro atoms. The van der Waals surface area contributed by atoms with Crippen molar-refractivity contribution in [1.29, 1.82) is 0 Å². The second kappa shape index (κ2) is 9.41. The average molecular weight is 573 g/mol. The fraction of sp³-hybridized carbons (Fsp3) is 0.667. The van der Waals surface area contributed by atoms with Gasteiger partial charge in [0, 0.05) is 35.2 Å². The molecule has 1 aromatic carbocycles. The molecule has 1 saturated heterocycles. The van der Waals surface area contributed by atoms with Gasteiger partial charge < -0.3 is 19.7 Å². The normalized spacial score (nSPS) is 39.3. The predicted octanol–water partition coefficient (Wildman–Crippen LogP) is 5.82. The van der Waals surface area contributed by atoms with Crippen LogP contribution < -0.4 is 0 Å². The van der Waals surface area contributed by atoms with Crippen LogP contribution in [0.25, 0.3) is 0 Å². The van der Waals surface area contributed by atoms with Crippen LogP contribution >= 0.6 is 0 Å². The van der Waals surface area contributed by atoms with Gasteiger partial charge in [-0.2, -0.15) is 13.2 Å². The second-order valence-electron chi connectivity index (χ2n) is 14.1. The Morgan fingerprint density at radius 1 is 1.00 bits per heavy atom. The molecule has 4 aliphatic carbocycles. The summed E-state index contributed by atoms with van der Waals surface area (Å²) >= 11 is 0. The van der Waals surface area contributed by atoms with Crippen molar-refractivity contribution in [3.05, 3.63) is 46.5 Å². The fourth-order valence-electron chi connectivity index (χ4n) is 8.93. The van der Waals surface area contributed by atoms with Crippen LogP contribution in [0.5, 0.6) is 0 Å². The van der Waals surface area contributed by atoms with Gasteiger partial charge in [-0.15, -0.1) is 0 Å². The lowest BCUT2D eigenvalue weighted by Crippen LogP contribution is -2.60. The summed E-state index contributed by atoms with van der Waals surface area (Å²) in [6.07, 6.45) is -1.69. The van der Waals surface area contributed by atoms with Gasteiger partial charge in [-0.05, 0) is 79.6 Å². The summed E-state index contributed by atoms with van der Waals surface area (Å²) in [6.45, 7) is 6.86. The Morgan fingerprint density at radius 2 is 1.68 bits per heavy atom. The minimum atomic E-state index is -4.74. The number of halogens is 3. The number of carbonyl (C=O) groups excluding carboxylic acids is 1. The first-order valence-corrected chi connectivity index (χ1v) is 14.7.